The first-order valence-electron chi connectivity index (χ1n) is 4.83. The van der Waals surface area contributed by atoms with Crippen LogP contribution in [-0.2, 0) is 0 Å². The third-order valence-corrected chi connectivity index (χ3v) is 2.08. The minimum Gasteiger partial charge on any atom is -0.397 e. The molecule has 1 aromatic heterocycles. The van der Waals surface area contributed by atoms with Crippen molar-refractivity contribution in [2.24, 2.45) is 0 Å². The molecular weight excluding hydrogens is 235 g/mol. The number of alkyl halides is 3. The fraction of sp³-hybridized carbons (Fsp3) is 0.400. The van der Waals surface area contributed by atoms with Crippen LogP contribution in [0.2, 0.25) is 0 Å². The predicted octanol–water partition coefficient (Wildman–Crippen LogP) is 1.69. The highest BCUT2D eigenvalue weighted by Crippen LogP contribution is 2.19. The summed E-state index contributed by atoms with van der Waals surface area (Å²) in [6, 6.07) is 2.85. The molecule has 17 heavy (non-hydrogen) atoms. The van der Waals surface area contributed by atoms with E-state index in [1.165, 1.54) is 25.4 Å². The molecule has 94 valence electrons. The molecule has 0 atom stereocenters. The topological polar surface area (TPSA) is 59.2 Å². The number of nitrogens with two attached hydrogens (primary N) is 1. The lowest BCUT2D eigenvalue weighted by Gasteiger charge is -2.17. The summed E-state index contributed by atoms with van der Waals surface area (Å²) < 4.78 is 35.9. The number of halogens is 3. The minimum atomic E-state index is -4.27. The molecule has 0 aromatic carbocycles. The van der Waals surface area contributed by atoms with Gasteiger partial charge in [0.05, 0.1) is 18.3 Å². The summed E-state index contributed by atoms with van der Waals surface area (Å²) in [6.45, 7) is -0.394. The van der Waals surface area contributed by atoms with E-state index in [-0.39, 0.29) is 5.69 Å². The first kappa shape index (κ1) is 13.3. The molecule has 7 heteroatoms. The SMILES string of the molecule is CN(CCC(F)(F)F)C(=O)c1ccc(N)cn1. The van der Waals surface area contributed by atoms with Crippen LogP contribution in [0.15, 0.2) is 18.3 Å². The highest BCUT2D eigenvalue weighted by Gasteiger charge is 2.28. The van der Waals surface area contributed by atoms with Crippen molar-refractivity contribution in [1.82, 2.24) is 9.88 Å². The van der Waals surface area contributed by atoms with Gasteiger partial charge in [-0.05, 0) is 12.1 Å². The van der Waals surface area contributed by atoms with E-state index >= 15 is 0 Å². The summed E-state index contributed by atoms with van der Waals surface area (Å²) in [5, 5.41) is 0. The number of nitrogens with zero attached hydrogens (tertiary/aromatic N) is 2. The molecule has 0 radical (unpaired) electrons. The second-order valence-corrected chi connectivity index (χ2v) is 3.57. The molecule has 1 aromatic rings. The number of hydrogen-bond acceptors (Lipinski definition) is 3. The Kier molecular flexibility index (Phi) is 3.93. The van der Waals surface area contributed by atoms with Crippen molar-refractivity contribution in [2.75, 3.05) is 19.3 Å². The molecular formula is C10H12F3N3O. The van der Waals surface area contributed by atoms with E-state index in [0.717, 1.165) is 4.90 Å². The monoisotopic (exact) mass is 247 g/mol. The van der Waals surface area contributed by atoms with Crippen LogP contribution in [0.1, 0.15) is 16.9 Å². The average molecular weight is 247 g/mol. The van der Waals surface area contributed by atoms with Gasteiger partial charge in [-0.3, -0.25) is 4.79 Å². The van der Waals surface area contributed by atoms with Gasteiger partial charge in [-0.1, -0.05) is 0 Å². The Balaban J connectivity index is 2.61. The van der Waals surface area contributed by atoms with Crippen molar-refractivity contribution in [3.8, 4) is 0 Å². The quantitative estimate of drug-likeness (QED) is 0.884. The molecule has 0 fully saturated rings. The lowest BCUT2D eigenvalue weighted by atomic mass is 10.3. The highest BCUT2D eigenvalue weighted by atomic mass is 19.4. The lowest BCUT2D eigenvalue weighted by Crippen LogP contribution is -2.31. The number of amides is 1. The van der Waals surface area contributed by atoms with Crippen LogP contribution in [0.4, 0.5) is 18.9 Å². The van der Waals surface area contributed by atoms with Crippen LogP contribution in [0, 0.1) is 0 Å². The smallest absolute Gasteiger partial charge is 0.390 e. The van der Waals surface area contributed by atoms with Crippen molar-refractivity contribution in [3.05, 3.63) is 24.0 Å². The van der Waals surface area contributed by atoms with Gasteiger partial charge in [0.2, 0.25) is 0 Å². The van der Waals surface area contributed by atoms with Gasteiger partial charge >= 0.3 is 6.18 Å². The maximum absolute atomic E-state index is 12.0. The second-order valence-electron chi connectivity index (χ2n) is 3.57. The third kappa shape index (κ3) is 4.29. The second kappa shape index (κ2) is 5.03. The molecule has 0 aliphatic rings. The summed E-state index contributed by atoms with van der Waals surface area (Å²) in [4.78, 5) is 16.4. The largest absolute Gasteiger partial charge is 0.397 e. The number of carbonyl (C=O) groups is 1. The molecule has 1 heterocycles. The zero-order chi connectivity index (χ0) is 13.1. The summed E-state index contributed by atoms with van der Waals surface area (Å²) in [5.41, 5.74) is 5.84. The third-order valence-electron chi connectivity index (χ3n) is 2.08. The Labute approximate surface area is 96.2 Å². The van der Waals surface area contributed by atoms with Gasteiger partial charge in [-0.25, -0.2) is 4.98 Å². The van der Waals surface area contributed by atoms with E-state index in [0.29, 0.717) is 5.69 Å². The van der Waals surface area contributed by atoms with Crippen molar-refractivity contribution in [2.45, 2.75) is 12.6 Å². The van der Waals surface area contributed by atoms with Crippen molar-refractivity contribution in [1.29, 1.82) is 0 Å². The summed E-state index contributed by atoms with van der Waals surface area (Å²) in [5.74, 6) is -0.561. The van der Waals surface area contributed by atoms with Crippen molar-refractivity contribution in [3.63, 3.8) is 0 Å². The van der Waals surface area contributed by atoms with E-state index in [2.05, 4.69) is 4.98 Å². The van der Waals surface area contributed by atoms with E-state index in [1.54, 1.807) is 0 Å². The molecule has 4 nitrogen and oxygen atoms in total. The molecule has 0 aliphatic carbocycles. The van der Waals surface area contributed by atoms with Crippen LogP contribution in [0.5, 0.6) is 0 Å². The molecule has 2 N–H and O–H groups in total. The first-order chi connectivity index (χ1) is 7.79. The van der Waals surface area contributed by atoms with Crippen LogP contribution in [0.25, 0.3) is 0 Å². The van der Waals surface area contributed by atoms with Crippen LogP contribution in [0.3, 0.4) is 0 Å². The number of pyridine rings is 1. The number of anilines is 1. The van der Waals surface area contributed by atoms with Crippen LogP contribution >= 0.6 is 0 Å². The normalized spacial score (nSPS) is 11.3. The van der Waals surface area contributed by atoms with Crippen molar-refractivity contribution < 1.29 is 18.0 Å². The minimum absolute atomic E-state index is 0.0730. The number of rotatable bonds is 3. The molecule has 1 amide bonds. The van der Waals surface area contributed by atoms with Gasteiger partial charge < -0.3 is 10.6 Å². The fourth-order valence-electron chi connectivity index (χ4n) is 1.12. The van der Waals surface area contributed by atoms with Crippen LogP contribution in [-0.4, -0.2) is 35.6 Å². The van der Waals surface area contributed by atoms with Gasteiger partial charge in [-0.2, -0.15) is 13.2 Å². The van der Waals surface area contributed by atoms with E-state index in [1.807, 2.05) is 0 Å². The highest BCUT2D eigenvalue weighted by molar-refractivity contribution is 5.92. The Bertz CT molecular complexity index is 389. The average Bonchev–Trinajstić information content (AvgIpc) is 2.25. The summed E-state index contributed by atoms with van der Waals surface area (Å²) >= 11 is 0. The molecule has 0 bridgehead atoms. The standard InChI is InChI=1S/C10H12F3N3O/c1-16(5-4-10(11,12)13)9(17)8-3-2-7(14)6-15-8/h2-3,6H,4-5,14H2,1H3. The maximum atomic E-state index is 12.0. The predicted molar refractivity (Wildman–Crippen MR) is 56.3 cm³/mol. The number of nitrogen functional groups attached to an aromatic ring is 1. The molecule has 0 unspecified atom stereocenters. The zero-order valence-corrected chi connectivity index (χ0v) is 9.16. The summed E-state index contributed by atoms with van der Waals surface area (Å²) in [6.07, 6.45) is -4.03. The fourth-order valence-corrected chi connectivity index (χ4v) is 1.12. The molecule has 0 aliphatic heterocycles. The van der Waals surface area contributed by atoms with Crippen LogP contribution < -0.4 is 5.73 Å². The van der Waals surface area contributed by atoms with Crippen molar-refractivity contribution >= 4 is 11.6 Å². The van der Waals surface area contributed by atoms with Gasteiger partial charge in [0, 0.05) is 13.6 Å². The number of aromatic nitrogens is 1. The van der Waals surface area contributed by atoms with Gasteiger partial charge in [-0.15, -0.1) is 0 Å². The van der Waals surface area contributed by atoms with E-state index in [4.69, 9.17) is 5.73 Å². The zero-order valence-electron chi connectivity index (χ0n) is 9.16. The van der Waals surface area contributed by atoms with E-state index in [9.17, 15) is 18.0 Å². The Morgan fingerprint density at radius 3 is 2.59 bits per heavy atom. The molecule has 0 spiro atoms. The van der Waals surface area contributed by atoms with Gasteiger partial charge in [0.15, 0.2) is 0 Å². The molecule has 1 rings (SSSR count). The Hall–Kier alpha value is -1.79. The Morgan fingerprint density at radius 1 is 1.47 bits per heavy atom. The first-order valence-corrected chi connectivity index (χ1v) is 4.83. The van der Waals surface area contributed by atoms with Gasteiger partial charge in [0.1, 0.15) is 5.69 Å². The molecule has 0 saturated heterocycles. The van der Waals surface area contributed by atoms with Gasteiger partial charge in [0.25, 0.3) is 5.91 Å². The van der Waals surface area contributed by atoms with E-state index < -0.39 is 25.0 Å². The molecule has 0 saturated carbocycles. The number of carbonyl (C=O) groups excluding carboxylic acids is 1. The number of hydrogen-bond donors (Lipinski definition) is 1. The Morgan fingerprint density at radius 2 is 2.12 bits per heavy atom. The maximum Gasteiger partial charge on any atom is 0.390 e. The summed E-state index contributed by atoms with van der Waals surface area (Å²) in [7, 11) is 1.30. The lowest BCUT2D eigenvalue weighted by molar-refractivity contribution is -0.136.